The third-order valence-corrected chi connectivity index (χ3v) is 2.22. The van der Waals surface area contributed by atoms with E-state index in [1.165, 1.54) is 18.3 Å². The molecule has 0 aliphatic rings. The molecule has 0 saturated carbocycles. The highest BCUT2D eigenvalue weighted by atomic mass is 32.1. The van der Waals surface area contributed by atoms with Crippen LogP contribution < -0.4 is 5.56 Å². The van der Waals surface area contributed by atoms with E-state index in [2.05, 4.69) is 15.3 Å². The van der Waals surface area contributed by atoms with Crippen molar-refractivity contribution in [3.05, 3.63) is 51.2 Å². The van der Waals surface area contributed by atoms with E-state index in [0.717, 1.165) is 16.4 Å². The largest absolute Gasteiger partial charge is 0.508 e. The van der Waals surface area contributed by atoms with E-state index < -0.39 is 5.56 Å². The van der Waals surface area contributed by atoms with Crippen LogP contribution in [0.1, 0.15) is 5.56 Å². The fourth-order valence-corrected chi connectivity index (χ4v) is 1.33. The van der Waals surface area contributed by atoms with Crippen molar-refractivity contribution in [2.24, 2.45) is 5.10 Å². The molecule has 0 spiro atoms. The lowest BCUT2D eigenvalue weighted by Crippen LogP contribution is -2.18. The average Bonchev–Trinajstić information content (AvgIpc) is 2.31. The number of benzene rings is 1. The van der Waals surface area contributed by atoms with Crippen molar-refractivity contribution in [1.82, 2.24) is 14.9 Å². The second kappa shape index (κ2) is 4.71. The van der Waals surface area contributed by atoms with Gasteiger partial charge in [-0.15, -0.1) is 0 Å². The molecule has 0 aliphatic carbocycles. The Morgan fingerprint density at radius 1 is 1.41 bits per heavy atom. The Kier molecular flexibility index (Phi) is 3.10. The normalized spacial score (nSPS) is 10.8. The van der Waals surface area contributed by atoms with Crippen LogP contribution in [0.25, 0.3) is 0 Å². The molecule has 2 aromatic rings. The standard InChI is InChI=1S/C10H8N4O2S/c15-8-3-1-7(2-4-8)5-12-14-9(16)6-11-13-10(14)17/h1-6,15H,(H,13,17)/b12-5-. The summed E-state index contributed by atoms with van der Waals surface area (Å²) in [6, 6.07) is 6.38. The molecule has 1 aromatic carbocycles. The van der Waals surface area contributed by atoms with Crippen molar-refractivity contribution in [3.63, 3.8) is 0 Å². The number of hydrogen-bond acceptors (Lipinski definition) is 5. The van der Waals surface area contributed by atoms with E-state index in [0.29, 0.717) is 0 Å². The van der Waals surface area contributed by atoms with Gasteiger partial charge in [-0.25, -0.2) is 0 Å². The maximum absolute atomic E-state index is 11.4. The maximum atomic E-state index is 11.4. The smallest absolute Gasteiger partial charge is 0.293 e. The lowest BCUT2D eigenvalue weighted by atomic mass is 10.2. The number of hydrogen-bond donors (Lipinski definition) is 2. The first kappa shape index (κ1) is 11.2. The quantitative estimate of drug-likeness (QED) is 0.610. The van der Waals surface area contributed by atoms with E-state index in [1.807, 2.05) is 0 Å². The van der Waals surface area contributed by atoms with Crippen molar-refractivity contribution >= 4 is 18.4 Å². The summed E-state index contributed by atoms with van der Waals surface area (Å²) in [6.07, 6.45) is 2.55. The Morgan fingerprint density at radius 2 is 2.12 bits per heavy atom. The molecule has 86 valence electrons. The summed E-state index contributed by atoms with van der Waals surface area (Å²) >= 11 is 4.87. The molecule has 1 heterocycles. The van der Waals surface area contributed by atoms with Crippen LogP contribution in [0.4, 0.5) is 0 Å². The topological polar surface area (TPSA) is 83.3 Å². The molecule has 2 rings (SSSR count). The highest BCUT2D eigenvalue weighted by molar-refractivity contribution is 7.71. The van der Waals surface area contributed by atoms with Crippen LogP contribution in [-0.2, 0) is 0 Å². The second-order valence-corrected chi connectivity index (χ2v) is 3.55. The molecule has 2 N–H and O–H groups in total. The predicted molar refractivity (Wildman–Crippen MR) is 64.8 cm³/mol. The van der Waals surface area contributed by atoms with Crippen LogP contribution in [0, 0.1) is 4.77 Å². The molecule has 0 atom stereocenters. The van der Waals surface area contributed by atoms with Gasteiger partial charge in [0, 0.05) is 0 Å². The summed E-state index contributed by atoms with van der Waals surface area (Å²) in [5, 5.41) is 19.0. The van der Waals surface area contributed by atoms with Gasteiger partial charge < -0.3 is 5.11 Å². The number of aromatic amines is 1. The molecule has 0 unspecified atom stereocenters. The first-order chi connectivity index (χ1) is 8.16. The summed E-state index contributed by atoms with van der Waals surface area (Å²) in [5.74, 6) is 0.167. The number of phenolic OH excluding ortho intramolecular Hbond substituents is 1. The van der Waals surface area contributed by atoms with Crippen molar-refractivity contribution in [2.45, 2.75) is 0 Å². The van der Waals surface area contributed by atoms with Crippen LogP contribution in [0.3, 0.4) is 0 Å². The lowest BCUT2D eigenvalue weighted by Gasteiger charge is -1.96. The molecule has 0 amide bonds. The molecule has 1 aromatic heterocycles. The van der Waals surface area contributed by atoms with Gasteiger partial charge in [0.05, 0.1) is 6.21 Å². The second-order valence-electron chi connectivity index (χ2n) is 3.16. The van der Waals surface area contributed by atoms with Gasteiger partial charge in [-0.2, -0.15) is 14.9 Å². The molecular weight excluding hydrogens is 240 g/mol. The zero-order valence-corrected chi connectivity index (χ0v) is 9.39. The molecule has 0 fully saturated rings. The van der Waals surface area contributed by atoms with Gasteiger partial charge in [-0.1, -0.05) is 0 Å². The van der Waals surface area contributed by atoms with E-state index in [1.54, 1.807) is 12.1 Å². The first-order valence-corrected chi connectivity index (χ1v) is 5.08. The Balaban J connectivity index is 2.36. The minimum absolute atomic E-state index is 0.118. The first-order valence-electron chi connectivity index (χ1n) is 4.67. The van der Waals surface area contributed by atoms with Gasteiger partial charge in [0.2, 0.25) is 4.77 Å². The van der Waals surface area contributed by atoms with E-state index in [4.69, 9.17) is 17.3 Å². The maximum Gasteiger partial charge on any atom is 0.293 e. The summed E-state index contributed by atoms with van der Waals surface area (Å²) in [5.41, 5.74) is 0.324. The van der Waals surface area contributed by atoms with Crippen LogP contribution in [0.5, 0.6) is 5.75 Å². The number of nitrogens with one attached hydrogen (secondary N) is 1. The highest BCUT2D eigenvalue weighted by Gasteiger charge is 1.94. The van der Waals surface area contributed by atoms with Crippen LogP contribution in [0.2, 0.25) is 0 Å². The Labute approximate surface area is 101 Å². The lowest BCUT2D eigenvalue weighted by molar-refractivity contribution is 0.475. The monoisotopic (exact) mass is 248 g/mol. The van der Waals surface area contributed by atoms with Crippen LogP contribution in [0.15, 0.2) is 40.4 Å². The Bertz CT molecular complexity index is 629. The molecule has 0 bridgehead atoms. The Morgan fingerprint density at radius 3 is 2.76 bits per heavy atom. The minimum atomic E-state index is -0.413. The summed E-state index contributed by atoms with van der Waals surface area (Å²) in [6.45, 7) is 0. The molecule has 0 saturated heterocycles. The predicted octanol–water partition coefficient (Wildman–Crippen LogP) is 0.889. The van der Waals surface area contributed by atoms with Gasteiger partial charge in [-0.05, 0) is 42.0 Å². The van der Waals surface area contributed by atoms with E-state index >= 15 is 0 Å². The summed E-state index contributed by atoms with van der Waals surface area (Å²) in [7, 11) is 0. The van der Waals surface area contributed by atoms with E-state index in [-0.39, 0.29) is 10.5 Å². The van der Waals surface area contributed by atoms with Gasteiger partial charge >= 0.3 is 0 Å². The van der Waals surface area contributed by atoms with Gasteiger partial charge in [0.1, 0.15) is 11.9 Å². The van der Waals surface area contributed by atoms with Crippen LogP contribution in [-0.4, -0.2) is 26.2 Å². The minimum Gasteiger partial charge on any atom is -0.508 e. The fraction of sp³-hybridized carbons (Fsp3) is 0. The molecule has 7 heteroatoms. The van der Waals surface area contributed by atoms with E-state index in [9.17, 15) is 4.79 Å². The molecule has 0 aliphatic heterocycles. The number of aromatic hydroxyl groups is 1. The van der Waals surface area contributed by atoms with Crippen molar-refractivity contribution in [2.75, 3.05) is 0 Å². The summed E-state index contributed by atoms with van der Waals surface area (Å²) in [4.78, 5) is 11.4. The Hall–Kier alpha value is -2.28. The SMILES string of the molecule is O=c1cn[nH]c(=S)n1/N=C\c1ccc(O)cc1. The van der Waals surface area contributed by atoms with Gasteiger partial charge in [-0.3, -0.25) is 9.89 Å². The molecule has 6 nitrogen and oxygen atoms in total. The van der Waals surface area contributed by atoms with Crippen molar-refractivity contribution in [1.29, 1.82) is 0 Å². The molecule has 17 heavy (non-hydrogen) atoms. The average molecular weight is 248 g/mol. The number of nitrogens with zero attached hydrogens (tertiary/aromatic N) is 3. The third kappa shape index (κ3) is 2.64. The third-order valence-electron chi connectivity index (χ3n) is 1.95. The zero-order valence-electron chi connectivity index (χ0n) is 8.57. The highest BCUT2D eigenvalue weighted by Crippen LogP contribution is 2.07. The zero-order chi connectivity index (χ0) is 12.3. The van der Waals surface area contributed by atoms with Gasteiger partial charge in [0.25, 0.3) is 5.56 Å². The van der Waals surface area contributed by atoms with Crippen molar-refractivity contribution in [3.8, 4) is 5.75 Å². The number of phenols is 1. The molecular formula is C10H8N4O2S. The number of rotatable bonds is 2. The molecule has 0 radical (unpaired) electrons. The van der Waals surface area contributed by atoms with Gasteiger partial charge in [0.15, 0.2) is 0 Å². The van der Waals surface area contributed by atoms with Crippen molar-refractivity contribution < 1.29 is 5.11 Å². The number of H-pyrrole nitrogens is 1. The summed E-state index contributed by atoms with van der Waals surface area (Å²) < 4.78 is 1.14. The number of aromatic nitrogens is 3. The van der Waals surface area contributed by atoms with Crippen LogP contribution >= 0.6 is 12.2 Å². The fourth-order valence-electron chi connectivity index (χ4n) is 1.14.